The summed E-state index contributed by atoms with van der Waals surface area (Å²) in [5.74, 6) is 0.965. The first-order valence-corrected chi connectivity index (χ1v) is 6.62. The molecule has 2 N–H and O–H groups in total. The number of nitrogens with zero attached hydrogens (tertiary/aromatic N) is 1. The number of pyridine rings is 1. The van der Waals surface area contributed by atoms with Gasteiger partial charge in [-0.15, -0.1) is 0 Å². The van der Waals surface area contributed by atoms with E-state index >= 15 is 0 Å². The topological polar surface area (TPSA) is 37.0 Å². The van der Waals surface area contributed by atoms with Gasteiger partial charge >= 0.3 is 0 Å². The van der Waals surface area contributed by atoms with E-state index in [1.165, 1.54) is 12.8 Å². The van der Waals surface area contributed by atoms with Crippen LogP contribution in [0.2, 0.25) is 0 Å². The SMILES string of the molecule is CCC1(CC)CNc2cc(Br)cnc2NC1. The fourth-order valence-corrected chi connectivity index (χ4v) is 2.41. The Morgan fingerprint density at radius 3 is 2.69 bits per heavy atom. The van der Waals surface area contributed by atoms with E-state index in [1.54, 1.807) is 0 Å². The van der Waals surface area contributed by atoms with Gasteiger partial charge in [0.1, 0.15) is 5.82 Å². The lowest BCUT2D eigenvalue weighted by Crippen LogP contribution is -2.33. The van der Waals surface area contributed by atoms with Crippen LogP contribution in [0.4, 0.5) is 11.5 Å². The van der Waals surface area contributed by atoms with Crippen LogP contribution in [0, 0.1) is 5.41 Å². The highest BCUT2D eigenvalue weighted by atomic mass is 79.9. The van der Waals surface area contributed by atoms with Crippen molar-refractivity contribution in [3.8, 4) is 0 Å². The summed E-state index contributed by atoms with van der Waals surface area (Å²) in [4.78, 5) is 4.39. The summed E-state index contributed by atoms with van der Waals surface area (Å²) in [5.41, 5.74) is 1.44. The molecule has 0 aliphatic carbocycles. The Morgan fingerprint density at radius 2 is 2.00 bits per heavy atom. The van der Waals surface area contributed by atoms with Crippen LogP contribution in [0.15, 0.2) is 16.7 Å². The van der Waals surface area contributed by atoms with E-state index in [0.717, 1.165) is 29.1 Å². The smallest absolute Gasteiger partial charge is 0.149 e. The molecule has 3 nitrogen and oxygen atoms in total. The van der Waals surface area contributed by atoms with E-state index in [0.29, 0.717) is 5.41 Å². The molecule has 0 radical (unpaired) electrons. The van der Waals surface area contributed by atoms with Gasteiger partial charge in [-0.3, -0.25) is 0 Å². The summed E-state index contributed by atoms with van der Waals surface area (Å²) in [6.45, 7) is 6.52. The van der Waals surface area contributed by atoms with E-state index in [4.69, 9.17) is 0 Å². The predicted octanol–water partition coefficient (Wildman–Crippen LogP) is 3.49. The molecular weight excluding hydrogens is 266 g/mol. The number of nitrogens with one attached hydrogen (secondary N) is 2. The first kappa shape index (κ1) is 11.7. The number of hydrogen-bond donors (Lipinski definition) is 2. The average Bonchev–Trinajstić information content (AvgIpc) is 2.49. The highest BCUT2D eigenvalue weighted by Crippen LogP contribution is 2.33. The zero-order valence-electron chi connectivity index (χ0n) is 9.81. The van der Waals surface area contributed by atoms with Crippen molar-refractivity contribution in [3.63, 3.8) is 0 Å². The third-order valence-electron chi connectivity index (χ3n) is 3.64. The lowest BCUT2D eigenvalue weighted by atomic mass is 9.82. The van der Waals surface area contributed by atoms with Crippen LogP contribution >= 0.6 is 15.9 Å². The molecule has 0 spiro atoms. The minimum Gasteiger partial charge on any atom is -0.381 e. The second kappa shape index (κ2) is 4.62. The molecule has 0 saturated heterocycles. The van der Waals surface area contributed by atoms with Gasteiger partial charge in [0, 0.05) is 29.2 Å². The normalized spacial score (nSPS) is 17.9. The molecular formula is C12H18BrN3. The van der Waals surface area contributed by atoms with Crippen molar-refractivity contribution >= 4 is 27.4 Å². The summed E-state index contributed by atoms with van der Waals surface area (Å²) in [5, 5.41) is 6.95. The molecule has 1 aromatic rings. The Labute approximate surface area is 105 Å². The second-order valence-electron chi connectivity index (χ2n) is 4.46. The van der Waals surface area contributed by atoms with Crippen LogP contribution in [0.3, 0.4) is 0 Å². The Balaban J connectivity index is 2.24. The van der Waals surface area contributed by atoms with Gasteiger partial charge in [0.15, 0.2) is 0 Å². The minimum absolute atomic E-state index is 0.340. The molecule has 1 aromatic heterocycles. The largest absolute Gasteiger partial charge is 0.381 e. The second-order valence-corrected chi connectivity index (χ2v) is 5.38. The summed E-state index contributed by atoms with van der Waals surface area (Å²) >= 11 is 3.45. The number of anilines is 2. The van der Waals surface area contributed by atoms with E-state index in [2.05, 4.69) is 51.5 Å². The van der Waals surface area contributed by atoms with E-state index < -0.39 is 0 Å². The van der Waals surface area contributed by atoms with Crippen LogP contribution in [-0.2, 0) is 0 Å². The van der Waals surface area contributed by atoms with Crippen molar-refractivity contribution in [3.05, 3.63) is 16.7 Å². The van der Waals surface area contributed by atoms with Gasteiger partial charge in [0.05, 0.1) is 5.69 Å². The number of hydrogen-bond acceptors (Lipinski definition) is 3. The molecule has 2 heterocycles. The number of rotatable bonds is 2. The molecule has 0 saturated carbocycles. The van der Waals surface area contributed by atoms with Crippen LogP contribution < -0.4 is 10.6 Å². The molecule has 0 atom stereocenters. The average molecular weight is 284 g/mol. The third kappa shape index (κ3) is 2.17. The molecule has 0 amide bonds. The quantitative estimate of drug-likeness (QED) is 0.873. The van der Waals surface area contributed by atoms with Gasteiger partial charge in [-0.25, -0.2) is 4.98 Å². The van der Waals surface area contributed by atoms with Gasteiger partial charge in [-0.05, 0) is 34.8 Å². The zero-order chi connectivity index (χ0) is 11.6. The maximum atomic E-state index is 4.39. The zero-order valence-corrected chi connectivity index (χ0v) is 11.4. The monoisotopic (exact) mass is 283 g/mol. The van der Waals surface area contributed by atoms with Gasteiger partial charge in [0.2, 0.25) is 0 Å². The van der Waals surface area contributed by atoms with Gasteiger partial charge < -0.3 is 10.6 Å². The molecule has 1 aliphatic heterocycles. The fourth-order valence-electron chi connectivity index (χ4n) is 2.08. The first-order valence-electron chi connectivity index (χ1n) is 5.82. The number of aromatic nitrogens is 1. The van der Waals surface area contributed by atoms with Crippen molar-refractivity contribution in [2.75, 3.05) is 23.7 Å². The summed E-state index contributed by atoms with van der Waals surface area (Å²) in [6.07, 6.45) is 4.19. The molecule has 0 fully saturated rings. The molecule has 88 valence electrons. The summed E-state index contributed by atoms with van der Waals surface area (Å²) in [6, 6.07) is 2.08. The van der Waals surface area contributed by atoms with Crippen LogP contribution in [0.1, 0.15) is 26.7 Å². The van der Waals surface area contributed by atoms with E-state index in [1.807, 2.05) is 6.20 Å². The number of halogens is 1. The third-order valence-corrected chi connectivity index (χ3v) is 4.07. The molecule has 0 bridgehead atoms. The molecule has 2 rings (SSSR count). The van der Waals surface area contributed by atoms with Gasteiger partial charge in [-0.1, -0.05) is 13.8 Å². The Hall–Kier alpha value is -0.770. The number of fused-ring (bicyclic) bond motifs is 1. The van der Waals surface area contributed by atoms with Crippen LogP contribution in [0.5, 0.6) is 0 Å². The highest BCUT2D eigenvalue weighted by molar-refractivity contribution is 9.10. The molecule has 0 aromatic carbocycles. The van der Waals surface area contributed by atoms with E-state index in [-0.39, 0.29) is 0 Å². The van der Waals surface area contributed by atoms with Crippen molar-refractivity contribution in [2.24, 2.45) is 5.41 Å². The maximum absolute atomic E-state index is 4.39. The van der Waals surface area contributed by atoms with Gasteiger partial charge in [-0.2, -0.15) is 0 Å². The van der Waals surface area contributed by atoms with Crippen LogP contribution in [0.25, 0.3) is 0 Å². The predicted molar refractivity (Wildman–Crippen MR) is 71.9 cm³/mol. The standard InChI is InChI=1S/C12H18BrN3/c1-3-12(4-2)7-15-10-5-9(13)6-14-11(10)16-8-12/h5-6,15H,3-4,7-8H2,1-2H3,(H,14,16). The molecule has 4 heteroatoms. The summed E-state index contributed by atoms with van der Waals surface area (Å²) in [7, 11) is 0. The van der Waals surface area contributed by atoms with Crippen molar-refractivity contribution in [1.82, 2.24) is 4.98 Å². The Kier molecular flexibility index (Phi) is 3.38. The fraction of sp³-hybridized carbons (Fsp3) is 0.583. The lowest BCUT2D eigenvalue weighted by Gasteiger charge is -2.29. The minimum atomic E-state index is 0.340. The molecule has 0 unspecified atom stereocenters. The first-order chi connectivity index (χ1) is 7.69. The van der Waals surface area contributed by atoms with Crippen LogP contribution in [-0.4, -0.2) is 18.1 Å². The van der Waals surface area contributed by atoms with Gasteiger partial charge in [0.25, 0.3) is 0 Å². The van der Waals surface area contributed by atoms with Crippen molar-refractivity contribution in [1.29, 1.82) is 0 Å². The maximum Gasteiger partial charge on any atom is 0.149 e. The van der Waals surface area contributed by atoms with Crippen molar-refractivity contribution < 1.29 is 0 Å². The van der Waals surface area contributed by atoms with Crippen molar-refractivity contribution in [2.45, 2.75) is 26.7 Å². The molecule has 16 heavy (non-hydrogen) atoms. The Morgan fingerprint density at radius 1 is 1.31 bits per heavy atom. The summed E-state index contributed by atoms with van der Waals surface area (Å²) < 4.78 is 1.01. The Bertz CT molecular complexity index is 375. The highest BCUT2D eigenvalue weighted by Gasteiger charge is 2.28. The van der Waals surface area contributed by atoms with E-state index in [9.17, 15) is 0 Å². The molecule has 1 aliphatic rings. The lowest BCUT2D eigenvalue weighted by molar-refractivity contribution is 0.307.